The van der Waals surface area contributed by atoms with Crippen molar-refractivity contribution in [1.82, 2.24) is 15.1 Å². The van der Waals surface area contributed by atoms with Gasteiger partial charge in [-0.1, -0.05) is 66.7 Å². The maximum absolute atomic E-state index is 12.2. The number of nitrogens with two attached hydrogens (primary N) is 1. The van der Waals surface area contributed by atoms with Gasteiger partial charge < -0.3 is 16.0 Å². The Morgan fingerprint density at radius 1 is 1.00 bits per heavy atom. The molecule has 5 heteroatoms. The molecule has 1 aliphatic heterocycles. The van der Waals surface area contributed by atoms with E-state index < -0.39 is 0 Å². The maximum atomic E-state index is 12.2. The van der Waals surface area contributed by atoms with Gasteiger partial charge in [0.05, 0.1) is 6.04 Å². The lowest BCUT2D eigenvalue weighted by molar-refractivity contribution is 0.0965. The summed E-state index contributed by atoms with van der Waals surface area (Å²) in [7, 11) is 0. The van der Waals surface area contributed by atoms with E-state index in [0.29, 0.717) is 19.6 Å². The monoisotopic (exact) mass is 364 g/mol. The first kappa shape index (κ1) is 19.1. The van der Waals surface area contributed by atoms with Gasteiger partial charge in [0.2, 0.25) is 0 Å². The molecular weight excluding hydrogens is 336 g/mol. The van der Waals surface area contributed by atoms with Crippen LogP contribution >= 0.6 is 0 Å². The summed E-state index contributed by atoms with van der Waals surface area (Å²) >= 11 is 0. The molecule has 0 bridgehead atoms. The Balaban J connectivity index is 1.75. The topological polar surface area (TPSA) is 61.6 Å². The summed E-state index contributed by atoms with van der Waals surface area (Å²) < 4.78 is 0. The fourth-order valence-corrected chi connectivity index (χ4v) is 3.63. The molecule has 2 atom stereocenters. The summed E-state index contributed by atoms with van der Waals surface area (Å²) in [6.07, 6.45) is 1.69. The quantitative estimate of drug-likeness (QED) is 0.775. The normalized spacial score (nSPS) is 17.1. The number of nitrogens with one attached hydrogen (secondary N) is 1. The molecule has 1 heterocycles. The molecule has 5 nitrogen and oxygen atoms in total. The molecule has 3 N–H and O–H groups in total. The number of benzene rings is 2. The smallest absolute Gasteiger partial charge is 0.317 e. The van der Waals surface area contributed by atoms with Crippen LogP contribution in [0.15, 0.2) is 73.3 Å². The van der Waals surface area contributed by atoms with E-state index in [-0.39, 0.29) is 18.1 Å². The average molecular weight is 364 g/mol. The number of amides is 2. The second-order valence-corrected chi connectivity index (χ2v) is 6.79. The Morgan fingerprint density at radius 2 is 1.56 bits per heavy atom. The van der Waals surface area contributed by atoms with E-state index in [4.69, 9.17) is 5.73 Å². The molecule has 0 saturated carbocycles. The van der Waals surface area contributed by atoms with Crippen LogP contribution in [0.25, 0.3) is 0 Å². The van der Waals surface area contributed by atoms with E-state index >= 15 is 0 Å². The van der Waals surface area contributed by atoms with Gasteiger partial charge in [-0.3, -0.25) is 4.90 Å². The van der Waals surface area contributed by atoms with E-state index in [1.54, 1.807) is 6.08 Å². The van der Waals surface area contributed by atoms with Crippen LogP contribution in [0.5, 0.6) is 0 Å². The van der Waals surface area contributed by atoms with Crippen molar-refractivity contribution in [2.75, 3.05) is 32.7 Å². The predicted molar refractivity (Wildman–Crippen MR) is 109 cm³/mol. The highest BCUT2D eigenvalue weighted by Crippen LogP contribution is 2.33. The Bertz CT molecular complexity index is 726. The molecule has 0 spiro atoms. The van der Waals surface area contributed by atoms with Gasteiger partial charge in [0.15, 0.2) is 0 Å². The number of urea groups is 1. The van der Waals surface area contributed by atoms with Crippen LogP contribution in [0.1, 0.15) is 23.2 Å². The lowest BCUT2D eigenvalue weighted by Gasteiger charge is -2.41. The summed E-state index contributed by atoms with van der Waals surface area (Å²) in [5, 5.41) is 2.85. The highest BCUT2D eigenvalue weighted by molar-refractivity contribution is 5.74. The third-order valence-corrected chi connectivity index (χ3v) is 5.06. The second-order valence-electron chi connectivity index (χ2n) is 6.79. The molecule has 2 aromatic carbocycles. The highest BCUT2D eigenvalue weighted by Gasteiger charge is 2.31. The van der Waals surface area contributed by atoms with E-state index in [0.717, 1.165) is 18.7 Å². The standard InChI is InChI=1S/C22H28N4O/c1-2-13-24-22(27)26-16-14-25(15-17-26)21(19-11-7-4-8-12-19)20(23)18-9-5-3-6-10-18/h2-12,20-21H,1,13-17,23H2,(H,24,27)/t20-,21+/m0/s1. The number of rotatable bonds is 6. The Hall–Kier alpha value is -2.63. The van der Waals surface area contributed by atoms with Gasteiger partial charge in [0.25, 0.3) is 0 Å². The van der Waals surface area contributed by atoms with E-state index in [1.165, 1.54) is 5.56 Å². The fraction of sp³-hybridized carbons (Fsp3) is 0.318. The van der Waals surface area contributed by atoms with Crippen molar-refractivity contribution in [2.24, 2.45) is 5.73 Å². The van der Waals surface area contributed by atoms with Gasteiger partial charge in [-0.2, -0.15) is 0 Å². The molecular formula is C22H28N4O. The number of carbonyl (C=O) groups excluding carboxylic acids is 1. The first-order chi connectivity index (χ1) is 13.2. The molecule has 0 radical (unpaired) electrons. The first-order valence-electron chi connectivity index (χ1n) is 9.44. The summed E-state index contributed by atoms with van der Waals surface area (Å²) in [6.45, 7) is 7.09. The lowest BCUT2D eigenvalue weighted by atomic mass is 9.92. The SMILES string of the molecule is C=CCNC(=O)N1CCN([C@H](c2ccccc2)[C@@H](N)c2ccccc2)CC1. The van der Waals surface area contributed by atoms with Crippen LogP contribution in [-0.4, -0.2) is 48.6 Å². The van der Waals surface area contributed by atoms with Crippen molar-refractivity contribution in [3.63, 3.8) is 0 Å². The number of hydrogen-bond acceptors (Lipinski definition) is 3. The summed E-state index contributed by atoms with van der Waals surface area (Å²) in [6, 6.07) is 20.5. The summed E-state index contributed by atoms with van der Waals surface area (Å²) in [4.78, 5) is 16.4. The van der Waals surface area contributed by atoms with Crippen LogP contribution in [-0.2, 0) is 0 Å². The van der Waals surface area contributed by atoms with Crippen molar-refractivity contribution >= 4 is 6.03 Å². The van der Waals surface area contributed by atoms with Gasteiger partial charge in [0, 0.05) is 38.8 Å². The first-order valence-corrected chi connectivity index (χ1v) is 9.44. The lowest BCUT2D eigenvalue weighted by Crippen LogP contribution is -2.53. The highest BCUT2D eigenvalue weighted by atomic mass is 16.2. The molecule has 27 heavy (non-hydrogen) atoms. The van der Waals surface area contributed by atoms with Gasteiger partial charge in [-0.15, -0.1) is 6.58 Å². The van der Waals surface area contributed by atoms with Crippen LogP contribution in [0.4, 0.5) is 4.79 Å². The number of nitrogens with zero attached hydrogens (tertiary/aromatic N) is 2. The zero-order valence-electron chi connectivity index (χ0n) is 15.6. The van der Waals surface area contributed by atoms with Crippen LogP contribution in [0, 0.1) is 0 Å². The van der Waals surface area contributed by atoms with Gasteiger partial charge >= 0.3 is 6.03 Å². The van der Waals surface area contributed by atoms with Crippen LogP contribution < -0.4 is 11.1 Å². The van der Waals surface area contributed by atoms with E-state index in [2.05, 4.69) is 53.2 Å². The number of carbonyl (C=O) groups is 1. The minimum atomic E-state index is -0.130. The van der Waals surface area contributed by atoms with Crippen molar-refractivity contribution in [3.8, 4) is 0 Å². The van der Waals surface area contributed by atoms with Gasteiger partial charge in [0.1, 0.15) is 0 Å². The Labute approximate surface area is 161 Å². The maximum Gasteiger partial charge on any atom is 0.317 e. The predicted octanol–water partition coefficient (Wildman–Crippen LogP) is 2.94. The molecule has 2 aromatic rings. The summed E-state index contributed by atoms with van der Waals surface area (Å²) in [5.74, 6) is 0. The molecule has 1 fully saturated rings. The molecule has 3 rings (SSSR count). The van der Waals surface area contributed by atoms with Crippen molar-refractivity contribution in [3.05, 3.63) is 84.4 Å². The summed E-state index contributed by atoms with van der Waals surface area (Å²) in [5.41, 5.74) is 9.05. The number of piperazine rings is 1. The Morgan fingerprint density at radius 3 is 2.11 bits per heavy atom. The fourth-order valence-electron chi connectivity index (χ4n) is 3.63. The van der Waals surface area contributed by atoms with Gasteiger partial charge in [-0.25, -0.2) is 4.79 Å². The molecule has 2 amide bonds. The van der Waals surface area contributed by atoms with Crippen molar-refractivity contribution in [1.29, 1.82) is 0 Å². The molecule has 0 aliphatic carbocycles. The van der Waals surface area contributed by atoms with E-state index in [9.17, 15) is 4.79 Å². The minimum absolute atomic E-state index is 0.0295. The molecule has 1 aliphatic rings. The van der Waals surface area contributed by atoms with Crippen molar-refractivity contribution in [2.45, 2.75) is 12.1 Å². The number of hydrogen-bond donors (Lipinski definition) is 2. The van der Waals surface area contributed by atoms with Crippen LogP contribution in [0.2, 0.25) is 0 Å². The largest absolute Gasteiger partial charge is 0.335 e. The third-order valence-electron chi connectivity index (χ3n) is 5.06. The van der Waals surface area contributed by atoms with Gasteiger partial charge in [-0.05, 0) is 11.1 Å². The Kier molecular flexibility index (Phi) is 6.63. The second kappa shape index (κ2) is 9.35. The molecule has 0 aromatic heterocycles. The minimum Gasteiger partial charge on any atom is -0.335 e. The third kappa shape index (κ3) is 4.76. The zero-order valence-corrected chi connectivity index (χ0v) is 15.6. The molecule has 1 saturated heterocycles. The van der Waals surface area contributed by atoms with Crippen molar-refractivity contribution < 1.29 is 4.79 Å². The average Bonchev–Trinajstić information content (AvgIpc) is 2.74. The zero-order chi connectivity index (χ0) is 19.1. The molecule has 0 unspecified atom stereocenters. The van der Waals surface area contributed by atoms with E-state index in [1.807, 2.05) is 29.2 Å². The van der Waals surface area contributed by atoms with Crippen LogP contribution in [0.3, 0.4) is 0 Å². The molecule has 142 valence electrons.